The first-order valence-electron chi connectivity index (χ1n) is 14.5. The van der Waals surface area contributed by atoms with Gasteiger partial charge in [-0.15, -0.1) is 0 Å². The summed E-state index contributed by atoms with van der Waals surface area (Å²) < 4.78 is 11.5. The minimum absolute atomic E-state index is 0.718. The Morgan fingerprint density at radius 1 is 0.477 bits per heavy atom. The molecule has 6 heteroatoms. The van der Waals surface area contributed by atoms with E-state index in [1.165, 1.54) is 17.1 Å². The highest BCUT2D eigenvalue weighted by atomic mass is 32.1. The van der Waals surface area contributed by atoms with Gasteiger partial charge >= 0.3 is 0 Å². The first-order valence-corrected chi connectivity index (χ1v) is 15.2. The molecule has 44 heavy (non-hydrogen) atoms. The molecule has 0 bridgehead atoms. The summed E-state index contributed by atoms with van der Waals surface area (Å²) in [5.74, 6) is 0.718. The van der Waals surface area contributed by atoms with E-state index in [-0.39, 0.29) is 0 Å². The van der Waals surface area contributed by atoms with Crippen molar-refractivity contribution >= 4 is 55.5 Å². The third-order valence-corrected chi connectivity index (χ3v) is 8.83. The Morgan fingerprint density at radius 2 is 1.23 bits per heavy atom. The minimum Gasteiger partial charge on any atom is -0.309 e. The van der Waals surface area contributed by atoms with E-state index in [2.05, 4.69) is 123 Å². The molecule has 3 heterocycles. The molecule has 206 valence electrons. The van der Waals surface area contributed by atoms with Crippen molar-refractivity contribution < 1.29 is 0 Å². The van der Waals surface area contributed by atoms with Gasteiger partial charge in [-0.25, -0.2) is 9.97 Å². The molecule has 3 aromatic heterocycles. The lowest BCUT2D eigenvalue weighted by Crippen LogP contribution is -1.95. The highest BCUT2D eigenvalue weighted by Gasteiger charge is 2.17. The van der Waals surface area contributed by atoms with Crippen LogP contribution in [0.1, 0.15) is 0 Å². The van der Waals surface area contributed by atoms with Crippen molar-refractivity contribution in [3.8, 4) is 39.5 Å². The Bertz CT molecular complexity index is 2490. The van der Waals surface area contributed by atoms with Crippen LogP contribution in [-0.4, -0.2) is 23.3 Å². The van der Waals surface area contributed by atoms with Gasteiger partial charge in [0.15, 0.2) is 5.82 Å². The SMILES string of the molecule is c1ccc(-c2nc(-c3ccc(-c4cccc(-n5c6ccccc6c6c7nsnc7ccc65)c4)cc3)nc3ccccc23)cc1. The maximum Gasteiger partial charge on any atom is 0.160 e. The molecule has 0 fully saturated rings. The first kappa shape index (κ1) is 24.8. The van der Waals surface area contributed by atoms with E-state index in [0.29, 0.717) is 0 Å². The maximum atomic E-state index is 5.04. The van der Waals surface area contributed by atoms with Crippen LogP contribution in [0.25, 0.3) is 83.2 Å². The summed E-state index contributed by atoms with van der Waals surface area (Å²) in [5, 5.41) is 3.38. The normalized spacial score (nSPS) is 11.6. The van der Waals surface area contributed by atoms with Gasteiger partial charge in [-0.2, -0.15) is 8.75 Å². The summed E-state index contributed by atoms with van der Waals surface area (Å²) in [6, 6.07) is 48.5. The lowest BCUT2D eigenvalue weighted by Gasteiger charge is -2.11. The molecular formula is C38H23N5S. The largest absolute Gasteiger partial charge is 0.309 e. The monoisotopic (exact) mass is 581 g/mol. The molecule has 0 N–H and O–H groups in total. The van der Waals surface area contributed by atoms with Gasteiger partial charge in [-0.1, -0.05) is 103 Å². The second-order valence-corrected chi connectivity index (χ2v) is 11.4. The molecule has 0 atom stereocenters. The predicted molar refractivity (Wildman–Crippen MR) is 181 cm³/mol. The minimum atomic E-state index is 0.718. The Hall–Kier alpha value is -5.72. The van der Waals surface area contributed by atoms with Crippen molar-refractivity contribution in [1.29, 1.82) is 0 Å². The van der Waals surface area contributed by atoms with Gasteiger partial charge in [0.2, 0.25) is 0 Å². The van der Waals surface area contributed by atoms with Crippen LogP contribution in [-0.2, 0) is 0 Å². The molecule has 0 spiro atoms. The van der Waals surface area contributed by atoms with Gasteiger partial charge in [-0.3, -0.25) is 0 Å². The summed E-state index contributed by atoms with van der Waals surface area (Å²) >= 11 is 1.26. The number of hydrogen-bond acceptors (Lipinski definition) is 5. The fourth-order valence-corrected chi connectivity index (χ4v) is 6.78. The van der Waals surface area contributed by atoms with E-state index in [9.17, 15) is 0 Å². The van der Waals surface area contributed by atoms with Crippen LogP contribution in [0.5, 0.6) is 0 Å². The predicted octanol–water partition coefficient (Wildman–Crippen LogP) is 9.73. The van der Waals surface area contributed by atoms with Crippen LogP contribution >= 0.6 is 11.7 Å². The van der Waals surface area contributed by atoms with Crippen molar-refractivity contribution in [2.45, 2.75) is 0 Å². The molecule has 6 aromatic carbocycles. The quantitative estimate of drug-likeness (QED) is 0.208. The summed E-state index contributed by atoms with van der Waals surface area (Å²) in [6.07, 6.45) is 0. The number of fused-ring (bicyclic) bond motifs is 6. The number of para-hydroxylation sites is 2. The van der Waals surface area contributed by atoms with Gasteiger partial charge in [0.25, 0.3) is 0 Å². The van der Waals surface area contributed by atoms with E-state index < -0.39 is 0 Å². The van der Waals surface area contributed by atoms with Crippen LogP contribution in [0.15, 0.2) is 140 Å². The fraction of sp³-hybridized carbons (Fsp3) is 0. The molecule has 0 aliphatic heterocycles. The number of nitrogens with zero attached hydrogens (tertiary/aromatic N) is 5. The van der Waals surface area contributed by atoms with Crippen molar-refractivity contribution in [2.24, 2.45) is 0 Å². The van der Waals surface area contributed by atoms with E-state index in [0.717, 1.165) is 77.8 Å². The van der Waals surface area contributed by atoms with Gasteiger partial charge < -0.3 is 4.57 Å². The molecule has 0 saturated carbocycles. The van der Waals surface area contributed by atoms with Crippen LogP contribution < -0.4 is 0 Å². The Balaban J connectivity index is 1.14. The topological polar surface area (TPSA) is 56.5 Å². The van der Waals surface area contributed by atoms with Crippen LogP contribution in [0.4, 0.5) is 0 Å². The third kappa shape index (κ3) is 3.92. The number of hydrogen-bond donors (Lipinski definition) is 0. The van der Waals surface area contributed by atoms with E-state index in [1.54, 1.807) is 0 Å². The maximum absolute atomic E-state index is 5.04. The number of benzene rings is 6. The molecule has 9 aromatic rings. The summed E-state index contributed by atoms with van der Waals surface area (Å²) in [5.41, 5.74) is 11.5. The lowest BCUT2D eigenvalue weighted by atomic mass is 10.0. The van der Waals surface area contributed by atoms with Crippen LogP contribution in [0, 0.1) is 0 Å². The summed E-state index contributed by atoms with van der Waals surface area (Å²) in [4.78, 5) is 9.98. The van der Waals surface area contributed by atoms with Gasteiger partial charge in [-0.05, 0) is 47.5 Å². The molecule has 0 aliphatic rings. The highest BCUT2D eigenvalue weighted by molar-refractivity contribution is 7.00. The number of aromatic nitrogens is 5. The zero-order valence-corrected chi connectivity index (χ0v) is 24.2. The van der Waals surface area contributed by atoms with E-state index in [1.807, 2.05) is 30.3 Å². The molecule has 0 saturated heterocycles. The molecule has 5 nitrogen and oxygen atoms in total. The molecule has 0 aliphatic carbocycles. The Kier molecular flexibility index (Phi) is 5.61. The first-order chi connectivity index (χ1) is 21.8. The van der Waals surface area contributed by atoms with Crippen molar-refractivity contribution in [3.05, 3.63) is 140 Å². The third-order valence-electron chi connectivity index (χ3n) is 8.29. The average molecular weight is 582 g/mol. The Morgan fingerprint density at radius 3 is 2.11 bits per heavy atom. The fourth-order valence-electron chi connectivity index (χ4n) is 6.24. The summed E-state index contributed by atoms with van der Waals surface area (Å²) in [6.45, 7) is 0. The smallest absolute Gasteiger partial charge is 0.160 e. The Labute approximate surface area is 257 Å². The van der Waals surface area contributed by atoms with Crippen molar-refractivity contribution in [3.63, 3.8) is 0 Å². The molecular weight excluding hydrogens is 559 g/mol. The second kappa shape index (κ2) is 9.93. The molecule has 9 rings (SSSR count). The molecule has 0 amide bonds. The molecule has 0 unspecified atom stereocenters. The second-order valence-electron chi connectivity index (χ2n) is 10.9. The van der Waals surface area contributed by atoms with Gasteiger partial charge in [0.05, 0.1) is 34.0 Å². The standard InChI is InChI=1S/C38H23N5S/c1-2-9-25(10-3-1)36-29-13-4-6-15-31(29)39-38(40-36)26-19-17-24(18-20-26)27-11-8-12-28(23-27)43-33-16-7-5-14-30(33)35-34(43)22-21-32-37(35)42-44-41-32/h1-23H. The lowest BCUT2D eigenvalue weighted by molar-refractivity contribution is 1.18. The van der Waals surface area contributed by atoms with Crippen LogP contribution in [0.3, 0.4) is 0 Å². The van der Waals surface area contributed by atoms with Crippen molar-refractivity contribution in [1.82, 2.24) is 23.3 Å². The zero-order chi connectivity index (χ0) is 29.0. The zero-order valence-electron chi connectivity index (χ0n) is 23.4. The molecule has 0 radical (unpaired) electrons. The summed E-state index contributed by atoms with van der Waals surface area (Å²) in [7, 11) is 0. The average Bonchev–Trinajstić information content (AvgIpc) is 3.71. The highest BCUT2D eigenvalue weighted by Crippen LogP contribution is 2.37. The van der Waals surface area contributed by atoms with E-state index >= 15 is 0 Å². The van der Waals surface area contributed by atoms with Crippen molar-refractivity contribution in [2.75, 3.05) is 0 Å². The van der Waals surface area contributed by atoms with Crippen LogP contribution in [0.2, 0.25) is 0 Å². The van der Waals surface area contributed by atoms with Gasteiger partial charge in [0.1, 0.15) is 11.0 Å². The van der Waals surface area contributed by atoms with E-state index in [4.69, 9.17) is 9.97 Å². The number of rotatable bonds is 4. The van der Waals surface area contributed by atoms with Gasteiger partial charge in [0, 0.05) is 33.0 Å².